The molecule has 1 unspecified atom stereocenters. The van der Waals surface area contributed by atoms with Gasteiger partial charge in [-0.25, -0.2) is 15.0 Å². The average Bonchev–Trinajstić information content (AvgIpc) is 3.63. The maximum absolute atomic E-state index is 6.70. The number of furan rings is 1. The van der Waals surface area contributed by atoms with E-state index in [0.29, 0.717) is 11.6 Å². The second-order valence-corrected chi connectivity index (χ2v) is 13.5. The van der Waals surface area contributed by atoms with Crippen LogP contribution in [0.2, 0.25) is 0 Å². The summed E-state index contributed by atoms with van der Waals surface area (Å²) < 4.78 is 6.70. The topological polar surface area (TPSA) is 51.8 Å². The van der Waals surface area contributed by atoms with E-state index in [-0.39, 0.29) is 5.92 Å². The van der Waals surface area contributed by atoms with Crippen LogP contribution >= 0.6 is 0 Å². The zero-order valence-corrected chi connectivity index (χ0v) is 28.9. The van der Waals surface area contributed by atoms with Gasteiger partial charge in [0.25, 0.3) is 0 Å². The Labute approximate surface area is 307 Å². The van der Waals surface area contributed by atoms with Crippen molar-refractivity contribution >= 4 is 27.8 Å². The Kier molecular flexibility index (Phi) is 7.58. The first-order valence-corrected chi connectivity index (χ1v) is 18.0. The van der Waals surface area contributed by atoms with Crippen molar-refractivity contribution in [3.63, 3.8) is 0 Å². The van der Waals surface area contributed by atoms with E-state index in [0.717, 1.165) is 62.4 Å². The Morgan fingerprint density at radius 2 is 0.962 bits per heavy atom. The second kappa shape index (κ2) is 13.0. The Bertz CT molecular complexity index is 2780. The van der Waals surface area contributed by atoms with Crippen molar-refractivity contribution in [1.82, 2.24) is 15.0 Å². The third-order valence-corrected chi connectivity index (χ3v) is 10.3. The molecule has 0 N–H and O–H groups in total. The maximum Gasteiger partial charge on any atom is 0.163 e. The molecule has 1 atom stereocenters. The Balaban J connectivity index is 1.06. The van der Waals surface area contributed by atoms with Gasteiger partial charge in [0, 0.05) is 27.6 Å². The van der Waals surface area contributed by atoms with Crippen LogP contribution in [0.25, 0.3) is 84.0 Å². The number of allylic oxidation sites excluding steroid dienone is 1. The third kappa shape index (κ3) is 5.62. The molecule has 0 bridgehead atoms. The number of hydrogen-bond donors (Lipinski definition) is 0. The van der Waals surface area contributed by atoms with Crippen molar-refractivity contribution in [2.24, 2.45) is 0 Å². The van der Waals surface area contributed by atoms with Gasteiger partial charge in [-0.05, 0) is 51.1 Å². The van der Waals surface area contributed by atoms with Gasteiger partial charge in [0.2, 0.25) is 0 Å². The number of fused-ring (bicyclic) bond motifs is 4. The molecule has 0 saturated carbocycles. The van der Waals surface area contributed by atoms with Crippen LogP contribution in [0.3, 0.4) is 0 Å². The highest BCUT2D eigenvalue weighted by atomic mass is 16.3. The molecular weight excluding hydrogens is 647 g/mol. The van der Waals surface area contributed by atoms with Crippen molar-refractivity contribution in [1.29, 1.82) is 0 Å². The summed E-state index contributed by atoms with van der Waals surface area (Å²) in [5, 5.41) is 3.54. The van der Waals surface area contributed by atoms with Gasteiger partial charge >= 0.3 is 0 Å². The molecule has 0 fully saturated rings. The molecule has 4 heteroatoms. The summed E-state index contributed by atoms with van der Waals surface area (Å²) in [4.78, 5) is 15.4. The molecule has 0 saturated heterocycles. The molecule has 4 nitrogen and oxygen atoms in total. The van der Waals surface area contributed by atoms with Gasteiger partial charge in [-0.15, -0.1) is 0 Å². The van der Waals surface area contributed by atoms with Crippen LogP contribution in [0.5, 0.6) is 0 Å². The van der Waals surface area contributed by atoms with Crippen LogP contribution in [0.15, 0.2) is 180 Å². The SMILES string of the molecule is C1=Cc2oc3c(-c4ccc(-c5ccccc5)cc4)cccc3c2C(c2nc(-c3ccccc3)nc(-c3ccc(-c4cccc5ccccc45)cc3)n2)C1. The monoisotopic (exact) mass is 679 g/mol. The van der Waals surface area contributed by atoms with Crippen LogP contribution in [-0.4, -0.2) is 15.0 Å². The first-order valence-electron chi connectivity index (χ1n) is 18.0. The van der Waals surface area contributed by atoms with Crippen molar-refractivity contribution in [3.8, 4) is 56.2 Å². The highest BCUT2D eigenvalue weighted by Gasteiger charge is 2.29. The molecule has 2 aromatic heterocycles. The molecule has 0 spiro atoms. The number of aromatic nitrogens is 3. The zero-order chi connectivity index (χ0) is 35.1. The number of rotatable bonds is 6. The van der Waals surface area contributed by atoms with E-state index >= 15 is 0 Å². The summed E-state index contributed by atoms with van der Waals surface area (Å²) in [6, 6.07) is 59.4. The zero-order valence-electron chi connectivity index (χ0n) is 28.9. The Hall–Kier alpha value is -6.91. The summed E-state index contributed by atoms with van der Waals surface area (Å²) in [5.41, 5.74) is 10.8. The van der Waals surface area contributed by atoms with Crippen molar-refractivity contribution < 1.29 is 4.42 Å². The molecule has 53 heavy (non-hydrogen) atoms. The summed E-state index contributed by atoms with van der Waals surface area (Å²) in [5.74, 6) is 2.80. The minimum atomic E-state index is -0.105. The van der Waals surface area contributed by atoms with Crippen molar-refractivity contribution in [2.45, 2.75) is 12.3 Å². The fourth-order valence-corrected chi connectivity index (χ4v) is 7.67. The standard InChI is InChI=1S/C49H33N3O/c1-3-12-32(13-4-1)33-24-26-36(27-25-33)41-20-10-21-42-45-43(22-11-23-44(45)53-46(41)42)49-51-47(37-15-5-2-6-16-37)50-48(52-49)38-30-28-35(29-31-38)40-19-9-17-34-14-7-8-18-39(34)40/h1-21,23-31,43H,22H2. The molecule has 1 aliphatic rings. The number of para-hydroxylation sites is 1. The summed E-state index contributed by atoms with van der Waals surface area (Å²) in [7, 11) is 0. The maximum atomic E-state index is 6.70. The van der Waals surface area contributed by atoms with Crippen molar-refractivity contribution in [2.75, 3.05) is 0 Å². The van der Waals surface area contributed by atoms with Crippen LogP contribution in [0, 0.1) is 0 Å². The van der Waals surface area contributed by atoms with E-state index in [9.17, 15) is 0 Å². The highest BCUT2D eigenvalue weighted by Crippen LogP contribution is 2.44. The molecule has 0 amide bonds. The smallest absolute Gasteiger partial charge is 0.163 e. The molecule has 0 radical (unpaired) electrons. The van der Waals surface area contributed by atoms with Crippen molar-refractivity contribution in [3.05, 3.63) is 193 Å². The number of benzene rings is 7. The second-order valence-electron chi connectivity index (χ2n) is 13.5. The van der Waals surface area contributed by atoms with Crippen LogP contribution in [-0.2, 0) is 0 Å². The first-order chi connectivity index (χ1) is 26.3. The van der Waals surface area contributed by atoms with E-state index in [1.54, 1.807) is 0 Å². The summed E-state index contributed by atoms with van der Waals surface area (Å²) >= 11 is 0. The van der Waals surface area contributed by atoms with E-state index in [1.807, 2.05) is 24.3 Å². The van der Waals surface area contributed by atoms with Gasteiger partial charge < -0.3 is 4.42 Å². The molecule has 9 aromatic rings. The quantitative estimate of drug-likeness (QED) is 0.175. The predicted molar refractivity (Wildman–Crippen MR) is 216 cm³/mol. The fourth-order valence-electron chi connectivity index (χ4n) is 7.67. The third-order valence-electron chi connectivity index (χ3n) is 10.3. The number of nitrogens with zero attached hydrogens (tertiary/aromatic N) is 3. The minimum absolute atomic E-state index is 0.105. The lowest BCUT2D eigenvalue weighted by Crippen LogP contribution is -2.11. The fraction of sp³-hybridized carbons (Fsp3) is 0.0408. The van der Waals surface area contributed by atoms with Gasteiger partial charge in [-0.2, -0.15) is 0 Å². The molecule has 1 aliphatic carbocycles. The van der Waals surface area contributed by atoms with Gasteiger partial charge in [0.1, 0.15) is 17.2 Å². The molecular formula is C49H33N3O. The van der Waals surface area contributed by atoms with E-state index in [4.69, 9.17) is 19.4 Å². The molecule has 10 rings (SSSR count). The van der Waals surface area contributed by atoms with Crippen LogP contribution < -0.4 is 0 Å². The van der Waals surface area contributed by atoms with Gasteiger partial charge in [-0.1, -0.05) is 176 Å². The first kappa shape index (κ1) is 30.9. The largest absolute Gasteiger partial charge is 0.456 e. The normalized spacial score (nSPS) is 13.7. The van der Waals surface area contributed by atoms with E-state index in [2.05, 4.69) is 158 Å². The lowest BCUT2D eigenvalue weighted by molar-refractivity contribution is 0.587. The van der Waals surface area contributed by atoms with Gasteiger partial charge in [0.05, 0.1) is 5.92 Å². The molecule has 2 heterocycles. The highest BCUT2D eigenvalue weighted by molar-refractivity contribution is 5.98. The summed E-state index contributed by atoms with van der Waals surface area (Å²) in [6.45, 7) is 0. The molecule has 0 aliphatic heterocycles. The lowest BCUT2D eigenvalue weighted by atomic mass is 9.87. The summed E-state index contributed by atoms with van der Waals surface area (Å²) in [6.07, 6.45) is 5.03. The van der Waals surface area contributed by atoms with Crippen LogP contribution in [0.4, 0.5) is 0 Å². The lowest BCUT2D eigenvalue weighted by Gasteiger charge is -2.19. The number of hydrogen-bond acceptors (Lipinski definition) is 4. The van der Waals surface area contributed by atoms with Crippen LogP contribution in [0.1, 0.15) is 29.5 Å². The van der Waals surface area contributed by atoms with Gasteiger partial charge in [-0.3, -0.25) is 0 Å². The predicted octanol–water partition coefficient (Wildman–Crippen LogP) is 12.7. The van der Waals surface area contributed by atoms with E-state index in [1.165, 1.54) is 27.5 Å². The molecule has 7 aromatic carbocycles. The van der Waals surface area contributed by atoms with Gasteiger partial charge in [0.15, 0.2) is 11.6 Å². The Morgan fingerprint density at radius 3 is 1.72 bits per heavy atom. The van der Waals surface area contributed by atoms with E-state index < -0.39 is 0 Å². The molecule has 250 valence electrons. The average molecular weight is 680 g/mol. The Morgan fingerprint density at radius 1 is 0.434 bits per heavy atom. The minimum Gasteiger partial charge on any atom is -0.456 e.